The normalized spacial score (nSPS) is 9.92. The largest absolute Gasteiger partial charge is 0.294 e. The smallest absolute Gasteiger partial charge is 0.169 e. The van der Waals surface area contributed by atoms with E-state index in [4.69, 9.17) is 0 Å². The number of rotatable bonds is 2. The second kappa shape index (κ2) is 3.43. The first-order chi connectivity index (χ1) is 5.66. The van der Waals surface area contributed by atoms with E-state index in [-0.39, 0.29) is 17.8 Å². The molecular formula is C9H8F2O. The van der Waals surface area contributed by atoms with Crippen LogP contribution in [0.4, 0.5) is 8.78 Å². The molecule has 0 radical (unpaired) electrons. The lowest BCUT2D eigenvalue weighted by atomic mass is 10.1. The molecule has 1 aromatic rings. The number of Topliss-reactive ketones (excluding diaryl/α,β-unsaturated/α-hetero) is 1. The van der Waals surface area contributed by atoms with Gasteiger partial charge in [-0.2, -0.15) is 0 Å². The summed E-state index contributed by atoms with van der Waals surface area (Å²) >= 11 is 0. The number of hydrogen-bond acceptors (Lipinski definition) is 1. The topological polar surface area (TPSA) is 17.1 Å². The van der Waals surface area contributed by atoms with Crippen molar-refractivity contribution in [3.8, 4) is 0 Å². The fourth-order valence-electron chi connectivity index (χ4n) is 0.910. The van der Waals surface area contributed by atoms with Crippen molar-refractivity contribution in [2.75, 3.05) is 0 Å². The van der Waals surface area contributed by atoms with Gasteiger partial charge in [-0.3, -0.25) is 4.79 Å². The summed E-state index contributed by atoms with van der Waals surface area (Å²) in [6, 6.07) is 3.59. The van der Waals surface area contributed by atoms with E-state index in [1.807, 2.05) is 0 Å². The van der Waals surface area contributed by atoms with E-state index >= 15 is 0 Å². The molecule has 0 aliphatic carbocycles. The van der Waals surface area contributed by atoms with Crippen LogP contribution >= 0.6 is 0 Å². The fraction of sp³-hybridized carbons (Fsp3) is 0.222. The van der Waals surface area contributed by atoms with Gasteiger partial charge in [-0.05, 0) is 12.1 Å². The molecule has 0 fully saturated rings. The molecule has 0 atom stereocenters. The van der Waals surface area contributed by atoms with Gasteiger partial charge >= 0.3 is 0 Å². The molecule has 0 heterocycles. The van der Waals surface area contributed by atoms with Crippen molar-refractivity contribution < 1.29 is 13.6 Å². The lowest BCUT2D eigenvalue weighted by molar-refractivity contribution is 0.0983. The number of benzene rings is 1. The van der Waals surface area contributed by atoms with Crippen molar-refractivity contribution in [1.29, 1.82) is 0 Å². The number of hydrogen-bond donors (Lipinski definition) is 0. The van der Waals surface area contributed by atoms with Gasteiger partial charge in [-0.15, -0.1) is 0 Å². The number of carbonyl (C=O) groups excluding carboxylic acids is 1. The second-order valence-corrected chi connectivity index (χ2v) is 2.38. The first-order valence-corrected chi connectivity index (χ1v) is 3.64. The Labute approximate surface area is 69.0 Å². The van der Waals surface area contributed by atoms with Gasteiger partial charge in [0.25, 0.3) is 0 Å². The van der Waals surface area contributed by atoms with E-state index in [0.717, 1.165) is 6.07 Å². The minimum atomic E-state index is -1.05. The molecule has 12 heavy (non-hydrogen) atoms. The van der Waals surface area contributed by atoms with Gasteiger partial charge in [-0.1, -0.05) is 13.0 Å². The fourth-order valence-corrected chi connectivity index (χ4v) is 0.910. The molecule has 0 unspecified atom stereocenters. The molecule has 0 aliphatic rings. The minimum Gasteiger partial charge on any atom is -0.294 e. The van der Waals surface area contributed by atoms with Crippen molar-refractivity contribution in [3.05, 3.63) is 35.4 Å². The van der Waals surface area contributed by atoms with Crippen molar-refractivity contribution >= 4 is 5.78 Å². The van der Waals surface area contributed by atoms with E-state index in [1.54, 1.807) is 6.92 Å². The Kier molecular flexibility index (Phi) is 2.53. The van der Waals surface area contributed by atoms with Crippen LogP contribution in [0.5, 0.6) is 0 Å². The van der Waals surface area contributed by atoms with Gasteiger partial charge in [0.1, 0.15) is 0 Å². The molecule has 3 heteroatoms. The Morgan fingerprint density at radius 3 is 2.67 bits per heavy atom. The molecule has 0 saturated heterocycles. The predicted octanol–water partition coefficient (Wildman–Crippen LogP) is 2.56. The molecule has 0 N–H and O–H groups in total. The Hall–Kier alpha value is -1.25. The monoisotopic (exact) mass is 170 g/mol. The summed E-state index contributed by atoms with van der Waals surface area (Å²) < 4.78 is 25.4. The van der Waals surface area contributed by atoms with E-state index in [0.29, 0.717) is 0 Å². The minimum absolute atomic E-state index is 0.169. The molecule has 0 aromatic heterocycles. The van der Waals surface area contributed by atoms with Gasteiger partial charge in [-0.25, -0.2) is 8.78 Å². The van der Waals surface area contributed by atoms with E-state index in [9.17, 15) is 13.6 Å². The van der Waals surface area contributed by atoms with Gasteiger partial charge < -0.3 is 0 Å². The molecule has 0 aliphatic heterocycles. The summed E-state index contributed by atoms with van der Waals surface area (Å²) in [7, 11) is 0. The van der Waals surface area contributed by atoms with Crippen LogP contribution in [0.3, 0.4) is 0 Å². The zero-order valence-corrected chi connectivity index (χ0v) is 6.60. The van der Waals surface area contributed by atoms with Gasteiger partial charge in [0.15, 0.2) is 17.4 Å². The zero-order chi connectivity index (χ0) is 9.14. The molecular weight excluding hydrogens is 162 g/mol. The average Bonchev–Trinajstić information content (AvgIpc) is 2.08. The van der Waals surface area contributed by atoms with Crippen molar-refractivity contribution in [3.63, 3.8) is 0 Å². The first kappa shape index (κ1) is 8.84. The summed E-state index contributed by atoms with van der Waals surface area (Å²) in [4.78, 5) is 11.0. The Balaban J connectivity index is 3.16. The van der Waals surface area contributed by atoms with Crippen molar-refractivity contribution in [2.45, 2.75) is 13.3 Å². The van der Waals surface area contributed by atoms with E-state index < -0.39 is 11.6 Å². The highest BCUT2D eigenvalue weighted by Gasteiger charge is 2.12. The third-order valence-electron chi connectivity index (χ3n) is 1.57. The van der Waals surface area contributed by atoms with Crippen molar-refractivity contribution in [2.24, 2.45) is 0 Å². The van der Waals surface area contributed by atoms with Crippen LogP contribution in [0.25, 0.3) is 0 Å². The Morgan fingerprint density at radius 2 is 2.08 bits per heavy atom. The van der Waals surface area contributed by atoms with Crippen LogP contribution in [0.2, 0.25) is 0 Å². The van der Waals surface area contributed by atoms with Crippen LogP contribution in [-0.4, -0.2) is 5.78 Å². The van der Waals surface area contributed by atoms with Gasteiger partial charge in [0.2, 0.25) is 0 Å². The molecule has 1 aromatic carbocycles. The third-order valence-corrected chi connectivity index (χ3v) is 1.57. The standard InChI is InChI=1S/C9H8F2O/c1-2-8(12)6-4-3-5-7(10)9(6)11/h3-5H,2H2,1H3. The summed E-state index contributed by atoms with van der Waals surface area (Å²) in [5, 5.41) is 0. The highest BCUT2D eigenvalue weighted by atomic mass is 19.2. The predicted molar refractivity (Wildman–Crippen MR) is 41.0 cm³/mol. The molecule has 0 saturated carbocycles. The highest BCUT2D eigenvalue weighted by molar-refractivity contribution is 5.96. The van der Waals surface area contributed by atoms with Gasteiger partial charge in [0.05, 0.1) is 5.56 Å². The van der Waals surface area contributed by atoms with Crippen LogP contribution < -0.4 is 0 Å². The molecule has 64 valence electrons. The van der Waals surface area contributed by atoms with Gasteiger partial charge in [0, 0.05) is 6.42 Å². The molecule has 0 bridgehead atoms. The number of ketones is 1. The summed E-state index contributed by atoms with van der Waals surface area (Å²) in [6.07, 6.45) is 0.181. The second-order valence-electron chi connectivity index (χ2n) is 2.38. The van der Waals surface area contributed by atoms with Crippen LogP contribution in [0.1, 0.15) is 23.7 Å². The Morgan fingerprint density at radius 1 is 1.42 bits per heavy atom. The third kappa shape index (κ3) is 1.49. The average molecular weight is 170 g/mol. The van der Waals surface area contributed by atoms with Crippen LogP contribution in [0, 0.1) is 11.6 Å². The quantitative estimate of drug-likeness (QED) is 0.623. The zero-order valence-electron chi connectivity index (χ0n) is 6.60. The van der Waals surface area contributed by atoms with E-state index in [1.165, 1.54) is 12.1 Å². The van der Waals surface area contributed by atoms with Crippen LogP contribution in [0.15, 0.2) is 18.2 Å². The number of carbonyl (C=O) groups is 1. The SMILES string of the molecule is CCC(=O)c1cccc(F)c1F. The molecule has 0 spiro atoms. The van der Waals surface area contributed by atoms with E-state index in [2.05, 4.69) is 0 Å². The number of halogens is 2. The molecule has 1 nitrogen and oxygen atoms in total. The highest BCUT2D eigenvalue weighted by Crippen LogP contribution is 2.12. The maximum atomic E-state index is 12.8. The summed E-state index contributed by atoms with van der Waals surface area (Å²) in [5.74, 6) is -2.41. The maximum absolute atomic E-state index is 12.8. The first-order valence-electron chi connectivity index (χ1n) is 3.64. The Bertz CT molecular complexity index is 307. The maximum Gasteiger partial charge on any atom is 0.169 e. The summed E-state index contributed by atoms with van der Waals surface area (Å²) in [6.45, 7) is 1.60. The summed E-state index contributed by atoms with van der Waals surface area (Å²) in [5.41, 5.74) is -0.169. The molecule has 1 rings (SSSR count). The lowest BCUT2D eigenvalue weighted by Crippen LogP contribution is -2.01. The lowest BCUT2D eigenvalue weighted by Gasteiger charge is -1.99. The molecule has 0 amide bonds. The van der Waals surface area contributed by atoms with Crippen LogP contribution in [-0.2, 0) is 0 Å². The van der Waals surface area contributed by atoms with Crippen molar-refractivity contribution in [1.82, 2.24) is 0 Å².